The Morgan fingerprint density at radius 1 is 0.649 bits per heavy atom. The lowest BCUT2D eigenvalue weighted by atomic mass is 9.89. The van der Waals surface area contributed by atoms with Gasteiger partial charge in [0.1, 0.15) is 24.6 Å². The molecule has 6 nitrogen and oxygen atoms in total. The molecule has 2 aliphatic rings. The van der Waals surface area contributed by atoms with Crippen LogP contribution >= 0.6 is 0 Å². The molecule has 0 bridgehead atoms. The van der Waals surface area contributed by atoms with Crippen molar-refractivity contribution < 1.29 is 9.68 Å². The van der Waals surface area contributed by atoms with E-state index in [4.69, 9.17) is 19.6 Å². The van der Waals surface area contributed by atoms with Gasteiger partial charge in [-0.25, -0.2) is 9.97 Å². The highest BCUT2D eigenvalue weighted by molar-refractivity contribution is 6.04. The van der Waals surface area contributed by atoms with E-state index < -0.39 is 0 Å². The molecular formula is C31H32N4O2. The second-order valence-electron chi connectivity index (χ2n) is 9.97. The van der Waals surface area contributed by atoms with Gasteiger partial charge < -0.3 is 9.68 Å². The lowest BCUT2D eigenvalue weighted by molar-refractivity contribution is 0.0894. The molecule has 0 N–H and O–H groups in total. The highest BCUT2D eigenvalue weighted by Crippen LogP contribution is 2.30. The zero-order valence-electron chi connectivity index (χ0n) is 21.6. The van der Waals surface area contributed by atoms with Gasteiger partial charge in [0.2, 0.25) is 0 Å². The maximum atomic E-state index is 5.70. The minimum atomic E-state index is 0.481. The molecule has 0 spiro atoms. The molecule has 4 aromatic rings. The van der Waals surface area contributed by atoms with Gasteiger partial charge in [0.05, 0.1) is 22.4 Å². The fourth-order valence-corrected chi connectivity index (χ4v) is 5.64. The van der Waals surface area contributed by atoms with Crippen molar-refractivity contribution in [2.24, 2.45) is 10.3 Å². The molecule has 2 heterocycles. The maximum Gasteiger partial charge on any atom is 0.120 e. The van der Waals surface area contributed by atoms with E-state index in [1.807, 2.05) is 12.1 Å². The first-order valence-corrected chi connectivity index (χ1v) is 13.4. The second kappa shape index (κ2) is 10.3. The van der Waals surface area contributed by atoms with Crippen molar-refractivity contribution in [1.82, 2.24) is 9.97 Å². The second-order valence-corrected chi connectivity index (χ2v) is 9.97. The molecule has 2 aromatic carbocycles. The number of hydrogen-bond donors (Lipinski definition) is 0. The van der Waals surface area contributed by atoms with E-state index in [0.717, 1.165) is 72.4 Å². The largest absolute Gasteiger partial charge is 0.395 e. The summed E-state index contributed by atoms with van der Waals surface area (Å²) in [5.74, 6) is 0. The van der Waals surface area contributed by atoms with Crippen molar-refractivity contribution in [3.8, 4) is 0 Å². The third-order valence-corrected chi connectivity index (χ3v) is 7.61. The zero-order chi connectivity index (χ0) is 25.2. The number of oxime groups is 2. The average molecular weight is 493 g/mol. The Morgan fingerprint density at radius 3 is 1.59 bits per heavy atom. The van der Waals surface area contributed by atoms with Gasteiger partial charge in [0.25, 0.3) is 0 Å². The van der Waals surface area contributed by atoms with Crippen molar-refractivity contribution >= 4 is 33.2 Å². The number of fused-ring (bicyclic) bond motifs is 4. The quantitative estimate of drug-likeness (QED) is 0.224. The Morgan fingerprint density at radius 2 is 1.11 bits per heavy atom. The van der Waals surface area contributed by atoms with Crippen LogP contribution in [0.1, 0.15) is 65.7 Å². The molecule has 2 aliphatic carbocycles. The van der Waals surface area contributed by atoms with Crippen LogP contribution in [0.25, 0.3) is 21.8 Å². The molecule has 2 aromatic heterocycles. The summed E-state index contributed by atoms with van der Waals surface area (Å²) in [6.45, 7) is 5.34. The summed E-state index contributed by atoms with van der Waals surface area (Å²) >= 11 is 0. The lowest BCUT2D eigenvalue weighted by Crippen LogP contribution is -2.17. The number of aromatic nitrogens is 2. The van der Waals surface area contributed by atoms with Crippen LogP contribution in [0.15, 0.2) is 58.8 Å². The minimum Gasteiger partial charge on any atom is -0.395 e. The molecule has 0 aliphatic heterocycles. The van der Waals surface area contributed by atoms with Crippen LogP contribution in [0.3, 0.4) is 0 Å². The monoisotopic (exact) mass is 492 g/mol. The summed E-state index contributed by atoms with van der Waals surface area (Å²) in [4.78, 5) is 21.2. The van der Waals surface area contributed by atoms with E-state index in [9.17, 15) is 0 Å². The first kappa shape index (κ1) is 23.6. The van der Waals surface area contributed by atoms with E-state index in [2.05, 4.69) is 60.6 Å². The molecule has 0 saturated heterocycles. The average Bonchev–Trinajstić information content (AvgIpc) is 2.93. The number of para-hydroxylation sites is 2. The summed E-state index contributed by atoms with van der Waals surface area (Å²) in [7, 11) is 0. The van der Waals surface area contributed by atoms with Crippen LogP contribution in [-0.4, -0.2) is 34.6 Å². The van der Waals surface area contributed by atoms with Crippen LogP contribution < -0.4 is 0 Å². The number of rotatable bonds is 6. The third-order valence-electron chi connectivity index (χ3n) is 7.61. The molecule has 188 valence electrons. The van der Waals surface area contributed by atoms with Gasteiger partial charge in [0.15, 0.2) is 0 Å². The molecule has 0 amide bonds. The Bertz CT molecular complexity index is 1420. The van der Waals surface area contributed by atoms with Crippen molar-refractivity contribution in [3.63, 3.8) is 0 Å². The summed E-state index contributed by atoms with van der Waals surface area (Å²) in [6, 6.07) is 16.6. The Labute approximate surface area is 217 Å². The van der Waals surface area contributed by atoms with Gasteiger partial charge in [-0.15, -0.1) is 0 Å². The number of nitrogens with zero attached hydrogens (tertiary/aromatic N) is 4. The number of pyridine rings is 2. The van der Waals surface area contributed by atoms with E-state index in [-0.39, 0.29) is 0 Å². The predicted molar refractivity (Wildman–Crippen MR) is 148 cm³/mol. The van der Waals surface area contributed by atoms with E-state index in [1.54, 1.807) is 0 Å². The standard InChI is InChI=1S/C31H32N4O2/c1-20-22-10-3-5-14-26(22)32-30-24(20)12-7-16-28(30)34-36-18-9-19-37-35-29-17-8-13-25-21(2)23-11-4-6-15-27(23)33-31(25)29/h3-6,10-11,14-15H,7-9,12-13,16-19H2,1-2H3. The van der Waals surface area contributed by atoms with E-state index in [0.29, 0.717) is 19.6 Å². The Kier molecular flexibility index (Phi) is 6.56. The minimum absolute atomic E-state index is 0.481. The normalized spacial score (nSPS) is 17.2. The van der Waals surface area contributed by atoms with Gasteiger partial charge in [-0.3, -0.25) is 0 Å². The maximum absolute atomic E-state index is 5.70. The molecule has 0 fully saturated rings. The van der Waals surface area contributed by atoms with Gasteiger partial charge in [0, 0.05) is 17.2 Å². The molecule has 0 saturated carbocycles. The molecule has 6 rings (SSSR count). The first-order chi connectivity index (χ1) is 18.2. The zero-order valence-corrected chi connectivity index (χ0v) is 21.6. The summed E-state index contributed by atoms with van der Waals surface area (Å²) in [6.07, 6.45) is 6.72. The fourth-order valence-electron chi connectivity index (χ4n) is 5.64. The number of benzene rings is 2. The SMILES string of the molecule is Cc1c2c(nc3ccccc13)C(=NOCCCON=C1CCCc3c1nc1ccccc1c3C)CCC2. The Hall–Kier alpha value is -3.80. The highest BCUT2D eigenvalue weighted by Gasteiger charge is 2.22. The smallest absolute Gasteiger partial charge is 0.120 e. The highest BCUT2D eigenvalue weighted by atomic mass is 16.6. The molecule has 0 atom stereocenters. The molecule has 0 radical (unpaired) electrons. The number of hydrogen-bond acceptors (Lipinski definition) is 6. The molecular weight excluding hydrogens is 460 g/mol. The fraction of sp³-hybridized carbons (Fsp3) is 0.355. The third kappa shape index (κ3) is 4.57. The van der Waals surface area contributed by atoms with Gasteiger partial charge >= 0.3 is 0 Å². The predicted octanol–water partition coefficient (Wildman–Crippen LogP) is 6.60. The molecule has 6 heteroatoms. The van der Waals surface area contributed by atoms with Crippen molar-refractivity contribution in [2.75, 3.05) is 13.2 Å². The van der Waals surface area contributed by atoms with Gasteiger partial charge in [-0.05, 0) is 86.8 Å². The summed E-state index contributed by atoms with van der Waals surface area (Å²) in [5.41, 5.74) is 11.1. The van der Waals surface area contributed by atoms with Crippen molar-refractivity contribution in [2.45, 2.75) is 58.8 Å². The summed E-state index contributed by atoms with van der Waals surface area (Å²) in [5, 5.41) is 11.4. The number of aryl methyl sites for hydroxylation is 2. The van der Waals surface area contributed by atoms with Crippen molar-refractivity contribution in [3.05, 3.63) is 82.2 Å². The van der Waals surface area contributed by atoms with Gasteiger partial charge in [-0.1, -0.05) is 46.7 Å². The lowest BCUT2D eigenvalue weighted by Gasteiger charge is -2.20. The van der Waals surface area contributed by atoms with Crippen LogP contribution in [0.4, 0.5) is 0 Å². The van der Waals surface area contributed by atoms with Crippen LogP contribution in [-0.2, 0) is 22.5 Å². The molecule has 0 unspecified atom stereocenters. The first-order valence-electron chi connectivity index (χ1n) is 13.4. The van der Waals surface area contributed by atoms with Crippen LogP contribution in [0, 0.1) is 13.8 Å². The van der Waals surface area contributed by atoms with E-state index in [1.165, 1.54) is 33.0 Å². The molecule has 37 heavy (non-hydrogen) atoms. The van der Waals surface area contributed by atoms with E-state index >= 15 is 0 Å². The summed E-state index contributed by atoms with van der Waals surface area (Å²) < 4.78 is 0. The van der Waals surface area contributed by atoms with Gasteiger partial charge in [-0.2, -0.15) is 0 Å². The Balaban J connectivity index is 1.08. The van der Waals surface area contributed by atoms with Crippen LogP contribution in [0.5, 0.6) is 0 Å². The van der Waals surface area contributed by atoms with Crippen LogP contribution in [0.2, 0.25) is 0 Å². The van der Waals surface area contributed by atoms with Crippen molar-refractivity contribution in [1.29, 1.82) is 0 Å². The topological polar surface area (TPSA) is 69.0 Å².